The number of pyridine rings is 1. The molecule has 6 rings (SSSR count). The SMILES string of the molecule is O=C(C1Cc2cc(Cl)cc(-c3ccnc4cc(CN5CCCCS5(=O)=O)sc34)c2O1)N1CCNCC1. The number of carbonyl (C=O) groups is 1. The van der Waals surface area contributed by atoms with Crippen LogP contribution < -0.4 is 10.1 Å². The number of hydrogen-bond donors (Lipinski definition) is 1. The van der Waals surface area contributed by atoms with E-state index in [9.17, 15) is 13.2 Å². The van der Waals surface area contributed by atoms with Crippen LogP contribution in [0, 0.1) is 0 Å². The monoisotopic (exact) mass is 546 g/mol. The minimum atomic E-state index is -3.22. The molecule has 1 aromatic carbocycles. The molecule has 190 valence electrons. The zero-order chi connectivity index (χ0) is 24.9. The first-order valence-corrected chi connectivity index (χ1v) is 15.0. The zero-order valence-electron chi connectivity index (χ0n) is 19.7. The summed E-state index contributed by atoms with van der Waals surface area (Å²) < 4.78 is 33.8. The fraction of sp³-hybridized carbons (Fsp3) is 0.440. The summed E-state index contributed by atoms with van der Waals surface area (Å²) in [7, 11) is -3.22. The standard InChI is InChI=1S/C25H27ClN4O4S2/c26-17-11-16-12-22(25(31)29-8-5-27-6-9-29)34-23(16)20(13-17)19-3-4-28-21-14-18(35-24(19)21)15-30-7-1-2-10-36(30,32)33/h3-4,11,13-14,22,27H,1-2,5-10,12,15H2. The van der Waals surface area contributed by atoms with Crippen LogP contribution in [0.4, 0.5) is 0 Å². The molecule has 0 bridgehead atoms. The molecule has 1 unspecified atom stereocenters. The Hall–Kier alpha value is -2.24. The largest absolute Gasteiger partial charge is 0.479 e. The molecule has 0 saturated carbocycles. The fourth-order valence-electron chi connectivity index (χ4n) is 5.22. The van der Waals surface area contributed by atoms with E-state index in [-0.39, 0.29) is 11.7 Å². The predicted molar refractivity (Wildman–Crippen MR) is 141 cm³/mol. The Balaban J connectivity index is 1.33. The first-order valence-electron chi connectivity index (χ1n) is 12.2. The maximum atomic E-state index is 13.1. The molecule has 0 spiro atoms. The third-order valence-corrected chi connectivity index (χ3v) is 10.3. The van der Waals surface area contributed by atoms with Gasteiger partial charge in [-0.05, 0) is 37.1 Å². The summed E-state index contributed by atoms with van der Waals surface area (Å²) in [6.45, 7) is 3.84. The lowest BCUT2D eigenvalue weighted by Crippen LogP contribution is -2.50. The van der Waals surface area contributed by atoms with Gasteiger partial charge in [-0.15, -0.1) is 11.3 Å². The number of piperazine rings is 1. The molecule has 1 N–H and O–H groups in total. The van der Waals surface area contributed by atoms with Crippen molar-refractivity contribution >= 4 is 49.1 Å². The van der Waals surface area contributed by atoms with Crippen LogP contribution in [0.1, 0.15) is 23.3 Å². The van der Waals surface area contributed by atoms with E-state index < -0.39 is 16.1 Å². The first-order chi connectivity index (χ1) is 17.4. The molecule has 5 heterocycles. The summed E-state index contributed by atoms with van der Waals surface area (Å²) in [5.41, 5.74) is 3.49. The molecule has 36 heavy (non-hydrogen) atoms. The first kappa shape index (κ1) is 24.1. The van der Waals surface area contributed by atoms with Crippen LogP contribution in [0.2, 0.25) is 5.02 Å². The Morgan fingerprint density at radius 1 is 1.17 bits per heavy atom. The molecular weight excluding hydrogens is 520 g/mol. The second-order valence-electron chi connectivity index (χ2n) is 9.47. The summed E-state index contributed by atoms with van der Waals surface area (Å²) in [5, 5.41) is 3.86. The van der Waals surface area contributed by atoms with Gasteiger partial charge in [0, 0.05) is 78.5 Å². The van der Waals surface area contributed by atoms with Crippen molar-refractivity contribution in [3.05, 3.63) is 45.9 Å². The van der Waals surface area contributed by atoms with Gasteiger partial charge in [-0.2, -0.15) is 4.31 Å². The highest BCUT2D eigenvalue weighted by atomic mass is 35.5. The van der Waals surface area contributed by atoms with E-state index in [2.05, 4.69) is 10.3 Å². The maximum absolute atomic E-state index is 13.1. The Bertz CT molecular complexity index is 1440. The number of benzene rings is 1. The number of carbonyl (C=O) groups excluding carboxylic acids is 1. The van der Waals surface area contributed by atoms with Gasteiger partial charge < -0.3 is 15.0 Å². The average Bonchev–Trinajstić information content (AvgIpc) is 3.48. The van der Waals surface area contributed by atoms with Crippen molar-refractivity contribution in [2.24, 2.45) is 0 Å². The van der Waals surface area contributed by atoms with Gasteiger partial charge >= 0.3 is 0 Å². The Labute approximate surface area is 219 Å². The topological polar surface area (TPSA) is 91.8 Å². The Morgan fingerprint density at radius 3 is 2.81 bits per heavy atom. The number of fused-ring (bicyclic) bond motifs is 2. The van der Waals surface area contributed by atoms with Crippen molar-refractivity contribution in [3.8, 4) is 16.9 Å². The normalized spacial score (nSPS) is 21.9. The van der Waals surface area contributed by atoms with Gasteiger partial charge in [-0.1, -0.05) is 11.6 Å². The van der Waals surface area contributed by atoms with Gasteiger partial charge in [0.15, 0.2) is 6.10 Å². The van der Waals surface area contributed by atoms with E-state index in [0.29, 0.717) is 43.4 Å². The van der Waals surface area contributed by atoms with Gasteiger partial charge in [-0.3, -0.25) is 9.78 Å². The number of rotatable bonds is 4. The second-order valence-corrected chi connectivity index (χ2v) is 13.1. The number of sulfonamides is 1. The number of ether oxygens (including phenoxy) is 1. The van der Waals surface area contributed by atoms with E-state index in [4.69, 9.17) is 16.3 Å². The second kappa shape index (κ2) is 9.57. The van der Waals surface area contributed by atoms with Crippen LogP contribution >= 0.6 is 22.9 Å². The molecule has 0 radical (unpaired) electrons. The van der Waals surface area contributed by atoms with Crippen molar-refractivity contribution in [2.45, 2.75) is 31.9 Å². The van der Waals surface area contributed by atoms with Crippen molar-refractivity contribution in [2.75, 3.05) is 38.5 Å². The highest BCUT2D eigenvalue weighted by Crippen LogP contribution is 2.45. The minimum Gasteiger partial charge on any atom is -0.479 e. The number of amides is 1. The third-order valence-electron chi connectivity index (χ3n) is 7.04. The van der Waals surface area contributed by atoms with Gasteiger partial charge in [0.2, 0.25) is 10.0 Å². The Morgan fingerprint density at radius 2 is 2.00 bits per heavy atom. The van der Waals surface area contributed by atoms with Gasteiger partial charge in [-0.25, -0.2) is 8.42 Å². The number of thiophene rings is 1. The van der Waals surface area contributed by atoms with Crippen molar-refractivity contribution in [1.29, 1.82) is 0 Å². The smallest absolute Gasteiger partial charge is 0.264 e. The van der Waals surface area contributed by atoms with E-state index >= 15 is 0 Å². The van der Waals surface area contributed by atoms with E-state index in [1.807, 2.05) is 29.2 Å². The van der Waals surface area contributed by atoms with E-state index in [1.165, 1.54) is 0 Å². The van der Waals surface area contributed by atoms with Crippen molar-refractivity contribution in [3.63, 3.8) is 0 Å². The van der Waals surface area contributed by atoms with E-state index in [1.54, 1.807) is 21.8 Å². The maximum Gasteiger partial charge on any atom is 0.264 e. The number of nitrogens with one attached hydrogen (secondary N) is 1. The molecule has 3 aliphatic heterocycles. The molecule has 2 saturated heterocycles. The zero-order valence-corrected chi connectivity index (χ0v) is 22.1. The minimum absolute atomic E-state index is 0.01000. The molecule has 1 amide bonds. The molecule has 1 atom stereocenters. The summed E-state index contributed by atoms with van der Waals surface area (Å²) in [5.74, 6) is 0.908. The van der Waals surface area contributed by atoms with Crippen LogP contribution in [-0.4, -0.2) is 73.1 Å². The molecule has 3 aromatic rings. The highest BCUT2D eigenvalue weighted by Gasteiger charge is 2.35. The number of hydrogen-bond acceptors (Lipinski definition) is 7. The molecular formula is C25H27ClN4O4S2. The highest BCUT2D eigenvalue weighted by molar-refractivity contribution is 7.89. The molecule has 2 aromatic heterocycles. The third kappa shape index (κ3) is 4.50. The summed E-state index contributed by atoms with van der Waals surface area (Å²) in [4.78, 5) is 20.5. The number of nitrogens with zero attached hydrogens (tertiary/aromatic N) is 3. The van der Waals surface area contributed by atoms with Gasteiger partial charge in [0.25, 0.3) is 5.91 Å². The van der Waals surface area contributed by atoms with Crippen LogP contribution in [0.15, 0.2) is 30.5 Å². The van der Waals surface area contributed by atoms with Crippen LogP contribution in [0.5, 0.6) is 5.75 Å². The van der Waals surface area contributed by atoms with Crippen LogP contribution in [0.3, 0.4) is 0 Å². The lowest BCUT2D eigenvalue weighted by Gasteiger charge is -2.29. The van der Waals surface area contributed by atoms with E-state index in [0.717, 1.165) is 57.7 Å². The lowest BCUT2D eigenvalue weighted by atomic mass is 10.0. The molecule has 11 heteroatoms. The summed E-state index contributed by atoms with van der Waals surface area (Å²) >= 11 is 8.07. The van der Waals surface area contributed by atoms with Crippen LogP contribution in [-0.2, 0) is 27.8 Å². The lowest BCUT2D eigenvalue weighted by molar-refractivity contribution is -0.138. The predicted octanol–water partition coefficient (Wildman–Crippen LogP) is 3.28. The van der Waals surface area contributed by atoms with Crippen LogP contribution in [0.25, 0.3) is 21.3 Å². The fourth-order valence-corrected chi connectivity index (χ4v) is 8.27. The quantitative estimate of drug-likeness (QED) is 0.540. The van der Waals surface area contributed by atoms with Crippen molar-refractivity contribution in [1.82, 2.24) is 19.5 Å². The molecule has 0 aliphatic carbocycles. The molecule has 8 nitrogen and oxygen atoms in total. The molecule has 2 fully saturated rings. The molecule has 3 aliphatic rings. The Kier molecular flexibility index (Phi) is 6.41. The number of halogens is 1. The van der Waals surface area contributed by atoms with Gasteiger partial charge in [0.1, 0.15) is 5.75 Å². The summed E-state index contributed by atoms with van der Waals surface area (Å²) in [6.07, 6.45) is 3.28. The van der Waals surface area contributed by atoms with Gasteiger partial charge in [0.05, 0.1) is 16.0 Å². The number of aromatic nitrogens is 1. The average molecular weight is 547 g/mol. The summed E-state index contributed by atoms with van der Waals surface area (Å²) in [6, 6.07) is 7.66. The van der Waals surface area contributed by atoms with Crippen molar-refractivity contribution < 1.29 is 17.9 Å².